The molecule has 0 aliphatic heterocycles. The van der Waals surface area contributed by atoms with Gasteiger partial charge in [-0.1, -0.05) is 54.1 Å². The standard InChI is InChI=1S/C20H20O3/c1-14-9-10-17(12-15(2)16-7-5-4-6-8-16)18(11-14)19(21)13-20(22)23-3/h4-12H,13H2,1-3H3/b15-12+. The Morgan fingerprint density at radius 1 is 1.09 bits per heavy atom. The Morgan fingerprint density at radius 2 is 1.78 bits per heavy atom. The number of ether oxygens (including phenoxy) is 1. The minimum atomic E-state index is -0.522. The van der Waals surface area contributed by atoms with E-state index in [4.69, 9.17) is 0 Å². The zero-order valence-corrected chi connectivity index (χ0v) is 13.6. The van der Waals surface area contributed by atoms with E-state index in [9.17, 15) is 9.59 Å². The maximum atomic E-state index is 12.4. The summed E-state index contributed by atoms with van der Waals surface area (Å²) in [4.78, 5) is 23.8. The number of carbonyl (C=O) groups is 2. The fourth-order valence-corrected chi connectivity index (χ4v) is 2.35. The monoisotopic (exact) mass is 308 g/mol. The molecule has 0 amide bonds. The molecule has 0 heterocycles. The summed E-state index contributed by atoms with van der Waals surface area (Å²) >= 11 is 0. The van der Waals surface area contributed by atoms with Crippen molar-refractivity contribution in [3.63, 3.8) is 0 Å². The van der Waals surface area contributed by atoms with Crippen molar-refractivity contribution in [3.8, 4) is 0 Å². The lowest BCUT2D eigenvalue weighted by Gasteiger charge is -2.08. The van der Waals surface area contributed by atoms with Gasteiger partial charge in [0.2, 0.25) is 0 Å². The van der Waals surface area contributed by atoms with Gasteiger partial charge in [0.05, 0.1) is 7.11 Å². The van der Waals surface area contributed by atoms with Gasteiger partial charge >= 0.3 is 5.97 Å². The number of hydrogen-bond acceptors (Lipinski definition) is 3. The first-order valence-electron chi connectivity index (χ1n) is 7.45. The summed E-state index contributed by atoms with van der Waals surface area (Å²) in [7, 11) is 1.28. The predicted octanol–water partition coefficient (Wildman–Crippen LogP) is 4.30. The number of carbonyl (C=O) groups excluding carboxylic acids is 2. The molecule has 23 heavy (non-hydrogen) atoms. The normalized spacial score (nSPS) is 11.2. The molecule has 0 aliphatic rings. The van der Waals surface area contributed by atoms with Crippen LogP contribution in [0.4, 0.5) is 0 Å². The molecule has 0 aromatic heterocycles. The second-order valence-electron chi connectivity index (χ2n) is 5.46. The van der Waals surface area contributed by atoms with Gasteiger partial charge in [-0.15, -0.1) is 0 Å². The molecule has 2 rings (SSSR count). The number of aryl methyl sites for hydroxylation is 1. The van der Waals surface area contributed by atoms with Crippen LogP contribution in [0.15, 0.2) is 48.5 Å². The van der Waals surface area contributed by atoms with Crippen molar-refractivity contribution in [1.82, 2.24) is 0 Å². The van der Waals surface area contributed by atoms with Crippen molar-refractivity contribution in [2.75, 3.05) is 7.11 Å². The van der Waals surface area contributed by atoms with Crippen LogP contribution in [-0.2, 0) is 9.53 Å². The molecule has 2 aromatic carbocycles. The highest BCUT2D eigenvalue weighted by atomic mass is 16.5. The lowest BCUT2D eigenvalue weighted by Crippen LogP contribution is -2.11. The Balaban J connectivity index is 2.39. The van der Waals surface area contributed by atoms with Gasteiger partial charge in [-0.2, -0.15) is 0 Å². The number of rotatable bonds is 5. The molecule has 3 nitrogen and oxygen atoms in total. The maximum Gasteiger partial charge on any atom is 0.313 e. The van der Waals surface area contributed by atoms with Gasteiger partial charge in [0.15, 0.2) is 5.78 Å². The molecule has 0 N–H and O–H groups in total. The van der Waals surface area contributed by atoms with Crippen molar-refractivity contribution in [2.24, 2.45) is 0 Å². The first kappa shape index (κ1) is 16.7. The Kier molecular flexibility index (Phi) is 5.47. The summed E-state index contributed by atoms with van der Waals surface area (Å²) in [5.41, 5.74) is 4.49. The first-order chi connectivity index (χ1) is 11.0. The van der Waals surface area contributed by atoms with E-state index in [2.05, 4.69) is 4.74 Å². The van der Waals surface area contributed by atoms with Crippen LogP contribution in [0, 0.1) is 6.92 Å². The molecular weight excluding hydrogens is 288 g/mol. The third-order valence-corrected chi connectivity index (χ3v) is 3.64. The van der Waals surface area contributed by atoms with E-state index in [-0.39, 0.29) is 12.2 Å². The minimum absolute atomic E-state index is 0.229. The molecule has 0 fully saturated rings. The molecule has 0 aliphatic carbocycles. The van der Waals surface area contributed by atoms with Gasteiger partial charge in [0.1, 0.15) is 6.42 Å². The second kappa shape index (κ2) is 7.54. The molecular formula is C20H20O3. The van der Waals surface area contributed by atoms with Crippen molar-refractivity contribution in [3.05, 3.63) is 70.8 Å². The fourth-order valence-electron chi connectivity index (χ4n) is 2.35. The van der Waals surface area contributed by atoms with E-state index in [1.54, 1.807) is 0 Å². The number of benzene rings is 2. The van der Waals surface area contributed by atoms with Crippen molar-refractivity contribution < 1.29 is 14.3 Å². The topological polar surface area (TPSA) is 43.4 Å². The number of allylic oxidation sites excluding steroid dienone is 1. The van der Waals surface area contributed by atoms with E-state index in [0.29, 0.717) is 5.56 Å². The number of methoxy groups -OCH3 is 1. The maximum absolute atomic E-state index is 12.4. The summed E-state index contributed by atoms with van der Waals surface area (Å²) in [5.74, 6) is -0.751. The van der Waals surface area contributed by atoms with Crippen LogP contribution in [0.2, 0.25) is 0 Å². The molecule has 2 aromatic rings. The highest BCUT2D eigenvalue weighted by Gasteiger charge is 2.15. The molecule has 0 radical (unpaired) electrons. The lowest BCUT2D eigenvalue weighted by molar-refractivity contribution is -0.139. The number of esters is 1. The highest BCUT2D eigenvalue weighted by molar-refractivity contribution is 6.08. The summed E-state index contributed by atoms with van der Waals surface area (Å²) in [6.07, 6.45) is 1.73. The van der Waals surface area contributed by atoms with Crippen LogP contribution in [0.3, 0.4) is 0 Å². The molecule has 0 bridgehead atoms. The number of ketones is 1. The van der Waals surface area contributed by atoms with Crippen LogP contribution >= 0.6 is 0 Å². The highest BCUT2D eigenvalue weighted by Crippen LogP contribution is 2.22. The van der Waals surface area contributed by atoms with E-state index in [1.165, 1.54) is 7.11 Å². The zero-order chi connectivity index (χ0) is 16.8. The van der Waals surface area contributed by atoms with Gasteiger partial charge in [-0.05, 0) is 36.6 Å². The smallest absolute Gasteiger partial charge is 0.313 e. The molecule has 0 spiro atoms. The van der Waals surface area contributed by atoms with E-state index >= 15 is 0 Å². The summed E-state index contributed by atoms with van der Waals surface area (Å²) in [6, 6.07) is 15.6. The average molecular weight is 308 g/mol. The molecule has 3 heteroatoms. The Hall–Kier alpha value is -2.68. The number of hydrogen-bond donors (Lipinski definition) is 0. The summed E-state index contributed by atoms with van der Waals surface area (Å²) in [6.45, 7) is 3.93. The van der Waals surface area contributed by atoms with Crippen LogP contribution < -0.4 is 0 Å². The Morgan fingerprint density at radius 3 is 2.43 bits per heavy atom. The van der Waals surface area contributed by atoms with Gasteiger partial charge in [-0.3, -0.25) is 9.59 Å². The van der Waals surface area contributed by atoms with E-state index < -0.39 is 5.97 Å². The van der Waals surface area contributed by atoms with Crippen LogP contribution in [0.25, 0.3) is 11.6 Å². The number of Topliss-reactive ketones (excluding diaryl/α,β-unsaturated/α-hetero) is 1. The van der Waals surface area contributed by atoms with Crippen LogP contribution in [-0.4, -0.2) is 18.9 Å². The Labute approximate surface area is 136 Å². The third kappa shape index (κ3) is 4.39. The van der Waals surface area contributed by atoms with Crippen LogP contribution in [0.5, 0.6) is 0 Å². The summed E-state index contributed by atoms with van der Waals surface area (Å²) < 4.78 is 4.59. The van der Waals surface area contributed by atoms with Crippen molar-refractivity contribution in [1.29, 1.82) is 0 Å². The van der Waals surface area contributed by atoms with E-state index in [1.807, 2.05) is 68.5 Å². The molecule has 118 valence electrons. The molecule has 0 saturated carbocycles. The van der Waals surface area contributed by atoms with Crippen molar-refractivity contribution >= 4 is 23.4 Å². The summed E-state index contributed by atoms with van der Waals surface area (Å²) in [5, 5.41) is 0. The second-order valence-corrected chi connectivity index (χ2v) is 5.46. The van der Waals surface area contributed by atoms with Gasteiger partial charge in [0.25, 0.3) is 0 Å². The molecule has 0 saturated heterocycles. The largest absolute Gasteiger partial charge is 0.469 e. The lowest BCUT2D eigenvalue weighted by atomic mass is 9.96. The molecule has 0 atom stereocenters. The Bertz CT molecular complexity index is 743. The third-order valence-electron chi connectivity index (χ3n) is 3.64. The van der Waals surface area contributed by atoms with Gasteiger partial charge in [0, 0.05) is 5.56 Å². The zero-order valence-electron chi connectivity index (χ0n) is 13.6. The van der Waals surface area contributed by atoms with E-state index in [0.717, 1.165) is 22.3 Å². The SMILES string of the molecule is COC(=O)CC(=O)c1cc(C)ccc1/C=C(\C)c1ccccc1. The van der Waals surface area contributed by atoms with Crippen LogP contribution in [0.1, 0.15) is 40.4 Å². The molecule has 0 unspecified atom stereocenters. The first-order valence-corrected chi connectivity index (χ1v) is 7.45. The average Bonchev–Trinajstić information content (AvgIpc) is 2.56. The fraction of sp³-hybridized carbons (Fsp3) is 0.200. The van der Waals surface area contributed by atoms with Gasteiger partial charge in [-0.25, -0.2) is 0 Å². The predicted molar refractivity (Wildman–Crippen MR) is 92.1 cm³/mol. The van der Waals surface area contributed by atoms with Crippen molar-refractivity contribution in [2.45, 2.75) is 20.3 Å². The van der Waals surface area contributed by atoms with Gasteiger partial charge < -0.3 is 4.74 Å². The quantitative estimate of drug-likeness (QED) is 0.358. The minimum Gasteiger partial charge on any atom is -0.469 e.